The molecule has 0 radical (unpaired) electrons. The molecule has 1 aromatic heterocycles. The first-order valence-corrected chi connectivity index (χ1v) is 5.08. The zero-order valence-electron chi connectivity index (χ0n) is 9.57. The number of esters is 1. The number of hydrogen-bond donors (Lipinski definition) is 1. The van der Waals surface area contributed by atoms with Gasteiger partial charge >= 0.3 is 11.9 Å². The number of hydrogen-bond acceptors (Lipinski definition) is 4. The molecule has 1 rings (SSSR count). The lowest BCUT2D eigenvalue weighted by atomic mass is 10.2. The van der Waals surface area contributed by atoms with Gasteiger partial charge in [-0.15, -0.1) is 0 Å². The molecule has 0 aliphatic rings. The number of pyridine rings is 1. The molecule has 0 amide bonds. The van der Waals surface area contributed by atoms with E-state index in [4.69, 9.17) is 5.11 Å². The monoisotopic (exact) mass is 251 g/mol. The molecule has 0 saturated carbocycles. The second kappa shape index (κ2) is 6.35. The summed E-state index contributed by atoms with van der Waals surface area (Å²) in [6, 6.07) is 1.06. The molecule has 0 unspecified atom stereocenters. The standard InChI is InChI=1S/C12H10FNO4/c1-2-18-10(15)5-3-4-8-6-9(12(16)17)11(13)14-7-8/h6-7H,2,5H2,1H3,(H,16,17). The minimum absolute atomic E-state index is 0.117. The Morgan fingerprint density at radius 2 is 2.28 bits per heavy atom. The SMILES string of the molecule is CCOC(=O)CC#Cc1cnc(F)c(C(=O)O)c1. The van der Waals surface area contributed by atoms with Crippen LogP contribution in [-0.2, 0) is 9.53 Å². The van der Waals surface area contributed by atoms with E-state index < -0.39 is 23.4 Å². The highest BCUT2D eigenvalue weighted by Crippen LogP contribution is 2.06. The number of halogens is 1. The summed E-state index contributed by atoms with van der Waals surface area (Å²) in [7, 11) is 0. The van der Waals surface area contributed by atoms with Crippen LogP contribution >= 0.6 is 0 Å². The van der Waals surface area contributed by atoms with Gasteiger partial charge in [0, 0.05) is 11.8 Å². The Kier molecular flexibility index (Phi) is 4.81. The summed E-state index contributed by atoms with van der Waals surface area (Å²) in [5.41, 5.74) is -0.337. The molecule has 0 fully saturated rings. The molecule has 94 valence electrons. The van der Waals surface area contributed by atoms with Gasteiger partial charge in [-0.3, -0.25) is 4.79 Å². The number of rotatable bonds is 3. The van der Waals surface area contributed by atoms with E-state index in [9.17, 15) is 14.0 Å². The van der Waals surface area contributed by atoms with Gasteiger partial charge in [0.25, 0.3) is 0 Å². The molecule has 1 N–H and O–H groups in total. The topological polar surface area (TPSA) is 76.5 Å². The first-order valence-electron chi connectivity index (χ1n) is 5.08. The van der Waals surface area contributed by atoms with Crippen LogP contribution < -0.4 is 0 Å². The van der Waals surface area contributed by atoms with E-state index in [1.165, 1.54) is 0 Å². The number of carbonyl (C=O) groups excluding carboxylic acids is 1. The summed E-state index contributed by atoms with van der Waals surface area (Å²) in [4.78, 5) is 24.9. The van der Waals surface area contributed by atoms with Gasteiger partial charge in [-0.2, -0.15) is 4.39 Å². The van der Waals surface area contributed by atoms with Crippen molar-refractivity contribution in [2.75, 3.05) is 6.61 Å². The number of aromatic carboxylic acids is 1. The molecular weight excluding hydrogens is 241 g/mol. The van der Waals surface area contributed by atoms with Crippen molar-refractivity contribution in [1.82, 2.24) is 4.98 Å². The van der Waals surface area contributed by atoms with Crippen molar-refractivity contribution in [1.29, 1.82) is 0 Å². The average molecular weight is 251 g/mol. The van der Waals surface area contributed by atoms with Crippen molar-refractivity contribution >= 4 is 11.9 Å². The van der Waals surface area contributed by atoms with Gasteiger partial charge in [0.15, 0.2) is 0 Å². The largest absolute Gasteiger partial charge is 0.478 e. The Labute approximate surface area is 103 Å². The number of carbonyl (C=O) groups is 2. The van der Waals surface area contributed by atoms with Crippen molar-refractivity contribution in [3.8, 4) is 11.8 Å². The van der Waals surface area contributed by atoms with Crippen LogP contribution in [0.15, 0.2) is 12.3 Å². The Balaban J connectivity index is 2.80. The number of carboxylic acids is 1. The fourth-order valence-electron chi connectivity index (χ4n) is 1.10. The lowest BCUT2D eigenvalue weighted by Gasteiger charge is -1.97. The summed E-state index contributed by atoms with van der Waals surface area (Å²) in [6.45, 7) is 1.94. The van der Waals surface area contributed by atoms with Crippen molar-refractivity contribution in [2.24, 2.45) is 0 Å². The summed E-state index contributed by atoms with van der Waals surface area (Å²) in [5, 5.41) is 8.67. The third-order valence-electron chi connectivity index (χ3n) is 1.84. The second-order valence-corrected chi connectivity index (χ2v) is 3.15. The van der Waals surface area contributed by atoms with Gasteiger partial charge < -0.3 is 9.84 Å². The number of ether oxygens (including phenoxy) is 1. The fourth-order valence-corrected chi connectivity index (χ4v) is 1.10. The zero-order chi connectivity index (χ0) is 13.5. The quantitative estimate of drug-likeness (QED) is 0.496. The molecule has 0 atom stereocenters. The van der Waals surface area contributed by atoms with Gasteiger partial charge in [0.1, 0.15) is 12.0 Å². The zero-order valence-corrected chi connectivity index (χ0v) is 9.57. The van der Waals surface area contributed by atoms with E-state index in [2.05, 4.69) is 21.6 Å². The summed E-state index contributed by atoms with van der Waals surface area (Å²) >= 11 is 0. The second-order valence-electron chi connectivity index (χ2n) is 3.15. The minimum Gasteiger partial charge on any atom is -0.478 e. The molecular formula is C12H10FNO4. The third kappa shape index (κ3) is 3.87. The summed E-state index contributed by atoms with van der Waals surface area (Å²) < 4.78 is 17.6. The van der Waals surface area contributed by atoms with Crippen molar-refractivity contribution in [3.63, 3.8) is 0 Å². The maximum Gasteiger partial charge on any atom is 0.340 e. The van der Waals surface area contributed by atoms with Crippen molar-refractivity contribution < 1.29 is 23.8 Å². The van der Waals surface area contributed by atoms with Crippen LogP contribution in [0.3, 0.4) is 0 Å². The summed E-state index contributed by atoms with van der Waals surface area (Å²) in [5.74, 6) is 2.04. The molecule has 0 aromatic carbocycles. The molecule has 6 heteroatoms. The van der Waals surface area contributed by atoms with E-state index >= 15 is 0 Å². The maximum absolute atomic E-state index is 13.0. The molecule has 0 aliphatic carbocycles. The number of aromatic nitrogens is 1. The third-order valence-corrected chi connectivity index (χ3v) is 1.84. The lowest BCUT2D eigenvalue weighted by Crippen LogP contribution is -2.03. The van der Waals surface area contributed by atoms with E-state index in [-0.39, 0.29) is 18.6 Å². The van der Waals surface area contributed by atoms with E-state index in [0.717, 1.165) is 12.3 Å². The minimum atomic E-state index is -1.42. The number of nitrogens with zero attached hydrogens (tertiary/aromatic N) is 1. The smallest absolute Gasteiger partial charge is 0.340 e. The highest BCUT2D eigenvalue weighted by atomic mass is 19.1. The van der Waals surface area contributed by atoms with Crippen molar-refractivity contribution in [2.45, 2.75) is 13.3 Å². The van der Waals surface area contributed by atoms with Crippen LogP contribution in [0.1, 0.15) is 29.3 Å². The summed E-state index contributed by atoms with van der Waals surface area (Å²) in [6.07, 6.45) is 0.980. The Morgan fingerprint density at radius 1 is 1.56 bits per heavy atom. The fraction of sp³-hybridized carbons (Fsp3) is 0.250. The van der Waals surface area contributed by atoms with Gasteiger partial charge in [0.2, 0.25) is 5.95 Å². The average Bonchev–Trinajstić information content (AvgIpc) is 2.31. The molecule has 0 spiro atoms. The lowest BCUT2D eigenvalue weighted by molar-refractivity contribution is -0.141. The van der Waals surface area contributed by atoms with Crippen LogP contribution in [0.4, 0.5) is 4.39 Å². The first-order chi connectivity index (χ1) is 8.54. The Morgan fingerprint density at radius 3 is 2.89 bits per heavy atom. The van der Waals surface area contributed by atoms with E-state index in [0.29, 0.717) is 0 Å². The van der Waals surface area contributed by atoms with Crippen LogP contribution in [0, 0.1) is 17.8 Å². The molecule has 5 nitrogen and oxygen atoms in total. The molecule has 0 bridgehead atoms. The normalized spacial score (nSPS) is 9.22. The van der Waals surface area contributed by atoms with Crippen LogP contribution in [-0.4, -0.2) is 28.6 Å². The van der Waals surface area contributed by atoms with Gasteiger partial charge in [-0.05, 0) is 13.0 Å². The highest BCUT2D eigenvalue weighted by Gasteiger charge is 2.11. The van der Waals surface area contributed by atoms with Crippen molar-refractivity contribution in [3.05, 3.63) is 29.3 Å². The Bertz CT molecular complexity index is 531. The molecule has 1 aromatic rings. The van der Waals surface area contributed by atoms with Crippen LogP contribution in [0.25, 0.3) is 0 Å². The predicted octanol–water partition coefficient (Wildman–Crippen LogP) is 1.22. The van der Waals surface area contributed by atoms with E-state index in [1.807, 2.05) is 0 Å². The van der Waals surface area contributed by atoms with Gasteiger partial charge in [-0.1, -0.05) is 11.8 Å². The Hall–Kier alpha value is -2.42. The molecule has 18 heavy (non-hydrogen) atoms. The predicted molar refractivity (Wildman–Crippen MR) is 59.3 cm³/mol. The molecule has 0 saturated heterocycles. The van der Waals surface area contributed by atoms with Crippen LogP contribution in [0.2, 0.25) is 0 Å². The number of carboxylic acid groups (broad SMARTS) is 1. The molecule has 1 heterocycles. The highest BCUT2D eigenvalue weighted by molar-refractivity contribution is 5.87. The maximum atomic E-state index is 13.0. The van der Waals surface area contributed by atoms with E-state index in [1.54, 1.807) is 6.92 Å². The van der Waals surface area contributed by atoms with Crippen LogP contribution in [0.5, 0.6) is 0 Å². The first kappa shape index (κ1) is 13.6. The molecule has 0 aliphatic heterocycles. The van der Waals surface area contributed by atoms with Gasteiger partial charge in [0.05, 0.1) is 6.61 Å². The van der Waals surface area contributed by atoms with Gasteiger partial charge in [-0.25, -0.2) is 9.78 Å².